The number of fused-ring (bicyclic) bond motifs is 1. The van der Waals surface area contributed by atoms with E-state index in [2.05, 4.69) is 4.90 Å². The highest BCUT2D eigenvalue weighted by Gasteiger charge is 2.42. The smallest absolute Gasteiger partial charge is 0.257 e. The molecule has 1 aromatic heterocycles. The molecule has 0 aliphatic carbocycles. The molecule has 3 atom stereocenters. The van der Waals surface area contributed by atoms with Crippen LogP contribution in [0.25, 0.3) is 0 Å². The third-order valence-electron chi connectivity index (χ3n) is 4.65. The predicted molar refractivity (Wildman–Crippen MR) is 85.4 cm³/mol. The molecule has 0 N–H and O–H groups in total. The van der Waals surface area contributed by atoms with Crippen LogP contribution in [0, 0.1) is 0 Å². The summed E-state index contributed by atoms with van der Waals surface area (Å²) in [6.07, 6.45) is 6.18. The van der Waals surface area contributed by atoms with Gasteiger partial charge in [0.05, 0.1) is 43.3 Å². The average molecular weight is 322 g/mol. The van der Waals surface area contributed by atoms with Crippen molar-refractivity contribution in [3.8, 4) is 0 Å². The summed E-state index contributed by atoms with van der Waals surface area (Å²) in [7, 11) is 4.07. The van der Waals surface area contributed by atoms with Crippen LogP contribution in [0.15, 0.2) is 23.0 Å². The summed E-state index contributed by atoms with van der Waals surface area (Å²) < 4.78 is 16.9. The largest absolute Gasteiger partial charge is 0.472 e. The van der Waals surface area contributed by atoms with E-state index in [1.807, 2.05) is 19.0 Å². The van der Waals surface area contributed by atoms with E-state index in [1.165, 1.54) is 6.26 Å². The zero-order valence-electron chi connectivity index (χ0n) is 13.9. The third-order valence-corrected chi connectivity index (χ3v) is 4.65. The van der Waals surface area contributed by atoms with E-state index in [-0.39, 0.29) is 24.2 Å². The fourth-order valence-electron chi connectivity index (χ4n) is 3.39. The van der Waals surface area contributed by atoms with Gasteiger partial charge in [-0.3, -0.25) is 4.79 Å². The Morgan fingerprint density at radius 1 is 1.39 bits per heavy atom. The number of hydrogen-bond donors (Lipinski definition) is 0. The monoisotopic (exact) mass is 322 g/mol. The normalized spacial score (nSPS) is 27.4. The number of rotatable bonds is 6. The van der Waals surface area contributed by atoms with Gasteiger partial charge in [-0.1, -0.05) is 0 Å². The van der Waals surface area contributed by atoms with Gasteiger partial charge in [0.25, 0.3) is 5.91 Å². The molecule has 0 bridgehead atoms. The van der Waals surface area contributed by atoms with E-state index in [1.54, 1.807) is 12.3 Å². The molecular weight excluding hydrogens is 296 g/mol. The first-order valence-electron chi connectivity index (χ1n) is 8.36. The fraction of sp³-hybridized carbons (Fsp3) is 0.706. The number of nitrogens with zero attached hydrogens (tertiary/aromatic N) is 2. The lowest BCUT2D eigenvalue weighted by Crippen LogP contribution is -2.46. The van der Waals surface area contributed by atoms with Crippen LogP contribution in [0.3, 0.4) is 0 Å². The third kappa shape index (κ3) is 3.94. The van der Waals surface area contributed by atoms with Crippen LogP contribution in [0.1, 0.15) is 29.6 Å². The summed E-state index contributed by atoms with van der Waals surface area (Å²) in [6, 6.07) is 1.91. The van der Waals surface area contributed by atoms with Crippen LogP contribution in [0.2, 0.25) is 0 Å². The van der Waals surface area contributed by atoms with Gasteiger partial charge >= 0.3 is 0 Å². The van der Waals surface area contributed by atoms with Gasteiger partial charge in [-0.25, -0.2) is 0 Å². The van der Waals surface area contributed by atoms with Crippen LogP contribution in [0.5, 0.6) is 0 Å². The van der Waals surface area contributed by atoms with Gasteiger partial charge in [0.2, 0.25) is 0 Å². The fourth-order valence-corrected chi connectivity index (χ4v) is 3.39. The number of ether oxygens (including phenoxy) is 2. The summed E-state index contributed by atoms with van der Waals surface area (Å²) in [5.74, 6) is 0.0514. The molecule has 0 saturated carbocycles. The van der Waals surface area contributed by atoms with Crippen LogP contribution in [-0.4, -0.2) is 74.4 Å². The SMILES string of the molecule is CN(C)CCOC[C@@H]1CC[C@@H]2[C@@H](CCN2C(=O)c2ccoc2)O1. The summed E-state index contributed by atoms with van der Waals surface area (Å²) in [4.78, 5) is 16.5. The lowest BCUT2D eigenvalue weighted by atomic mass is 9.99. The molecule has 6 heteroatoms. The first-order chi connectivity index (χ1) is 11.1. The maximum Gasteiger partial charge on any atom is 0.257 e. The molecular formula is C17H26N2O4. The number of furan rings is 1. The van der Waals surface area contributed by atoms with Crippen molar-refractivity contribution in [2.75, 3.05) is 40.4 Å². The Bertz CT molecular complexity index is 503. The van der Waals surface area contributed by atoms with Crippen molar-refractivity contribution in [2.24, 2.45) is 0 Å². The second kappa shape index (κ2) is 7.47. The van der Waals surface area contributed by atoms with Crippen LogP contribution >= 0.6 is 0 Å². The molecule has 0 aromatic carbocycles. The Kier molecular flexibility index (Phi) is 5.35. The van der Waals surface area contributed by atoms with Gasteiger partial charge < -0.3 is 23.7 Å². The second-order valence-electron chi connectivity index (χ2n) is 6.62. The van der Waals surface area contributed by atoms with Crippen molar-refractivity contribution >= 4 is 5.91 Å². The van der Waals surface area contributed by atoms with E-state index in [4.69, 9.17) is 13.9 Å². The van der Waals surface area contributed by atoms with Crippen molar-refractivity contribution in [2.45, 2.75) is 37.5 Å². The summed E-state index contributed by atoms with van der Waals surface area (Å²) in [6.45, 7) is 3.05. The zero-order valence-corrected chi connectivity index (χ0v) is 13.9. The van der Waals surface area contributed by atoms with E-state index in [0.29, 0.717) is 12.2 Å². The molecule has 0 spiro atoms. The molecule has 0 unspecified atom stereocenters. The van der Waals surface area contributed by atoms with Crippen LogP contribution in [0.4, 0.5) is 0 Å². The standard InChI is InChI=1S/C17H26N2O4/c1-18(2)8-10-22-12-14-3-4-15-16(23-14)5-7-19(15)17(20)13-6-9-21-11-13/h6,9,11,14-16H,3-5,7-8,10,12H2,1-2H3/t14-,15+,16+/m0/s1. The van der Waals surface area contributed by atoms with Crippen molar-refractivity contribution in [3.63, 3.8) is 0 Å². The zero-order chi connectivity index (χ0) is 16.2. The molecule has 2 aliphatic heterocycles. The highest BCUT2D eigenvalue weighted by atomic mass is 16.5. The number of carbonyl (C=O) groups excluding carboxylic acids is 1. The molecule has 128 valence electrons. The van der Waals surface area contributed by atoms with E-state index in [0.717, 1.165) is 39.0 Å². The molecule has 0 radical (unpaired) electrons. The molecule has 2 saturated heterocycles. The average Bonchev–Trinajstić information content (AvgIpc) is 3.19. The van der Waals surface area contributed by atoms with Crippen molar-refractivity contribution in [1.29, 1.82) is 0 Å². The van der Waals surface area contributed by atoms with Gasteiger partial charge in [0, 0.05) is 13.1 Å². The van der Waals surface area contributed by atoms with E-state index in [9.17, 15) is 4.79 Å². The predicted octanol–water partition coefficient (Wildman–Crippen LogP) is 1.62. The first kappa shape index (κ1) is 16.5. The maximum absolute atomic E-state index is 12.5. The topological polar surface area (TPSA) is 55.2 Å². The van der Waals surface area contributed by atoms with E-state index >= 15 is 0 Å². The first-order valence-corrected chi connectivity index (χ1v) is 8.36. The Morgan fingerprint density at radius 3 is 3.00 bits per heavy atom. The van der Waals surface area contributed by atoms with Crippen molar-refractivity contribution in [3.05, 3.63) is 24.2 Å². The molecule has 23 heavy (non-hydrogen) atoms. The highest BCUT2D eigenvalue weighted by molar-refractivity contribution is 5.94. The lowest BCUT2D eigenvalue weighted by Gasteiger charge is -2.35. The van der Waals surface area contributed by atoms with Crippen molar-refractivity contribution < 1.29 is 18.7 Å². The number of amides is 1. The molecule has 1 aromatic rings. The van der Waals surface area contributed by atoms with Crippen LogP contribution < -0.4 is 0 Å². The lowest BCUT2D eigenvalue weighted by molar-refractivity contribution is -0.0969. The maximum atomic E-state index is 12.5. The summed E-state index contributed by atoms with van der Waals surface area (Å²) in [5, 5.41) is 0. The quantitative estimate of drug-likeness (QED) is 0.745. The molecule has 2 aliphatic rings. The Balaban J connectivity index is 1.47. The van der Waals surface area contributed by atoms with Gasteiger partial charge in [-0.2, -0.15) is 0 Å². The van der Waals surface area contributed by atoms with E-state index < -0.39 is 0 Å². The number of hydrogen-bond acceptors (Lipinski definition) is 5. The number of carbonyl (C=O) groups is 1. The molecule has 6 nitrogen and oxygen atoms in total. The summed E-state index contributed by atoms with van der Waals surface area (Å²) in [5.41, 5.74) is 0.625. The van der Waals surface area contributed by atoms with Gasteiger partial charge in [0.1, 0.15) is 6.26 Å². The molecule has 1 amide bonds. The van der Waals surface area contributed by atoms with Gasteiger partial charge in [-0.05, 0) is 39.4 Å². The number of likely N-dealkylation sites (tertiary alicyclic amines) is 1. The molecule has 3 heterocycles. The van der Waals surface area contributed by atoms with Gasteiger partial charge in [-0.15, -0.1) is 0 Å². The molecule has 3 rings (SSSR count). The number of likely N-dealkylation sites (N-methyl/N-ethyl adjacent to an activating group) is 1. The Hall–Kier alpha value is -1.37. The Morgan fingerprint density at radius 2 is 2.26 bits per heavy atom. The minimum absolute atomic E-state index is 0.0514. The van der Waals surface area contributed by atoms with Gasteiger partial charge in [0.15, 0.2) is 0 Å². The van der Waals surface area contributed by atoms with Crippen LogP contribution in [-0.2, 0) is 9.47 Å². The van der Waals surface area contributed by atoms with Crippen molar-refractivity contribution in [1.82, 2.24) is 9.80 Å². The minimum atomic E-state index is 0.0514. The molecule has 2 fully saturated rings. The summed E-state index contributed by atoms with van der Waals surface area (Å²) >= 11 is 0. The minimum Gasteiger partial charge on any atom is -0.472 e. The highest BCUT2D eigenvalue weighted by Crippen LogP contribution is 2.32. The Labute approximate surface area is 137 Å². The second-order valence-corrected chi connectivity index (χ2v) is 6.62.